The van der Waals surface area contributed by atoms with Gasteiger partial charge in [-0.25, -0.2) is 8.78 Å². The Labute approximate surface area is 122 Å². The predicted octanol–water partition coefficient (Wildman–Crippen LogP) is 4.42. The maximum absolute atomic E-state index is 14.0. The molecule has 0 radical (unpaired) electrons. The van der Waals surface area contributed by atoms with Gasteiger partial charge >= 0.3 is 0 Å². The van der Waals surface area contributed by atoms with Crippen LogP contribution >= 0.6 is 11.6 Å². The maximum atomic E-state index is 14.0. The van der Waals surface area contributed by atoms with Gasteiger partial charge in [0.1, 0.15) is 11.6 Å². The first-order valence-corrected chi connectivity index (χ1v) is 6.82. The second kappa shape index (κ2) is 5.90. The van der Waals surface area contributed by atoms with Crippen LogP contribution in [0.3, 0.4) is 0 Å². The Bertz CT molecular complexity index is 615. The molecule has 1 nitrogen and oxygen atoms in total. The number of hydrogen-bond acceptors (Lipinski definition) is 1. The van der Waals surface area contributed by atoms with Gasteiger partial charge < -0.3 is 5.73 Å². The molecule has 0 amide bonds. The molecule has 0 saturated heterocycles. The quantitative estimate of drug-likeness (QED) is 0.887. The predicted molar refractivity (Wildman–Crippen MR) is 77.7 cm³/mol. The van der Waals surface area contributed by atoms with E-state index >= 15 is 0 Å². The van der Waals surface area contributed by atoms with Crippen molar-refractivity contribution in [3.63, 3.8) is 0 Å². The second-order valence-corrected chi connectivity index (χ2v) is 5.31. The van der Waals surface area contributed by atoms with Gasteiger partial charge in [-0.15, -0.1) is 0 Å². The zero-order valence-electron chi connectivity index (χ0n) is 11.2. The van der Waals surface area contributed by atoms with Crippen LogP contribution in [0.4, 0.5) is 8.78 Å². The third-order valence-corrected chi connectivity index (χ3v) is 3.91. The fraction of sp³-hybridized carbons (Fsp3) is 0.250. The topological polar surface area (TPSA) is 26.0 Å². The van der Waals surface area contributed by atoms with Crippen molar-refractivity contribution >= 4 is 11.6 Å². The van der Waals surface area contributed by atoms with Crippen LogP contribution < -0.4 is 5.73 Å². The lowest BCUT2D eigenvalue weighted by atomic mass is 9.82. The molecular formula is C16H16ClF2N. The van der Waals surface area contributed by atoms with Crippen molar-refractivity contribution in [1.82, 2.24) is 0 Å². The molecule has 0 aromatic heterocycles. The van der Waals surface area contributed by atoms with Gasteiger partial charge in [-0.1, -0.05) is 42.8 Å². The van der Waals surface area contributed by atoms with E-state index in [0.29, 0.717) is 29.0 Å². The van der Waals surface area contributed by atoms with Crippen LogP contribution in [0.15, 0.2) is 42.5 Å². The van der Waals surface area contributed by atoms with Gasteiger partial charge in [-0.2, -0.15) is 0 Å². The molecule has 1 unspecified atom stereocenters. The Kier molecular flexibility index (Phi) is 4.41. The number of nitrogens with two attached hydrogens (primary N) is 1. The first-order valence-electron chi connectivity index (χ1n) is 6.44. The average molecular weight is 296 g/mol. The molecule has 1 atom stereocenters. The molecule has 2 rings (SSSR count). The average Bonchev–Trinajstić information content (AvgIpc) is 2.42. The van der Waals surface area contributed by atoms with Crippen LogP contribution in [-0.2, 0) is 12.0 Å². The van der Waals surface area contributed by atoms with Crippen LogP contribution in [0.2, 0.25) is 5.02 Å². The van der Waals surface area contributed by atoms with E-state index in [-0.39, 0.29) is 5.82 Å². The summed E-state index contributed by atoms with van der Waals surface area (Å²) >= 11 is 6.03. The van der Waals surface area contributed by atoms with E-state index < -0.39 is 11.4 Å². The van der Waals surface area contributed by atoms with Gasteiger partial charge in [-0.05, 0) is 36.6 Å². The highest BCUT2D eigenvalue weighted by molar-refractivity contribution is 6.31. The standard InChI is InChI=1S/C16H16ClF2N/c1-2-16(20,13-5-3-4-6-15(13)19)10-11-7-8-12(18)9-14(11)17/h3-9H,2,10,20H2,1H3. The first kappa shape index (κ1) is 14.9. The van der Waals surface area contributed by atoms with Gasteiger partial charge in [0.2, 0.25) is 0 Å². The number of halogens is 3. The third kappa shape index (κ3) is 3.00. The molecule has 0 saturated carbocycles. The molecule has 2 N–H and O–H groups in total. The van der Waals surface area contributed by atoms with E-state index in [9.17, 15) is 8.78 Å². The fourth-order valence-electron chi connectivity index (χ4n) is 2.28. The molecule has 0 spiro atoms. The minimum absolute atomic E-state index is 0.310. The lowest BCUT2D eigenvalue weighted by Gasteiger charge is -2.29. The summed E-state index contributed by atoms with van der Waals surface area (Å²) in [7, 11) is 0. The molecule has 0 fully saturated rings. The molecule has 2 aromatic rings. The molecule has 0 aliphatic carbocycles. The SMILES string of the molecule is CCC(N)(Cc1ccc(F)cc1Cl)c1ccccc1F. The zero-order chi connectivity index (χ0) is 14.8. The van der Waals surface area contributed by atoms with Gasteiger partial charge in [0.05, 0.1) is 0 Å². The highest BCUT2D eigenvalue weighted by Crippen LogP contribution is 2.31. The monoisotopic (exact) mass is 295 g/mol. The molecule has 4 heteroatoms. The minimum atomic E-state index is -0.868. The summed E-state index contributed by atoms with van der Waals surface area (Å²) in [5, 5.41) is 0.310. The molecule has 0 aliphatic rings. The fourth-order valence-corrected chi connectivity index (χ4v) is 2.51. The largest absolute Gasteiger partial charge is 0.321 e. The molecule has 2 aromatic carbocycles. The first-order chi connectivity index (χ1) is 9.46. The van der Waals surface area contributed by atoms with Gasteiger partial charge in [0.15, 0.2) is 0 Å². The van der Waals surface area contributed by atoms with Gasteiger partial charge in [0, 0.05) is 16.1 Å². The third-order valence-electron chi connectivity index (χ3n) is 3.56. The van der Waals surface area contributed by atoms with E-state index in [2.05, 4.69) is 0 Å². The highest BCUT2D eigenvalue weighted by atomic mass is 35.5. The minimum Gasteiger partial charge on any atom is -0.321 e. The van der Waals surface area contributed by atoms with Crippen LogP contribution in [-0.4, -0.2) is 0 Å². The van der Waals surface area contributed by atoms with Crippen molar-refractivity contribution in [2.45, 2.75) is 25.3 Å². The summed E-state index contributed by atoms with van der Waals surface area (Å²) in [5.41, 5.74) is 6.65. The summed E-state index contributed by atoms with van der Waals surface area (Å²) in [6.07, 6.45) is 0.894. The molecule has 0 aliphatic heterocycles. The highest BCUT2D eigenvalue weighted by Gasteiger charge is 2.29. The smallest absolute Gasteiger partial charge is 0.128 e. The summed E-state index contributed by atoms with van der Waals surface area (Å²) in [4.78, 5) is 0. The van der Waals surface area contributed by atoms with E-state index in [1.807, 2.05) is 6.92 Å². The Morgan fingerprint density at radius 1 is 1.15 bits per heavy atom. The van der Waals surface area contributed by atoms with Crippen LogP contribution in [0, 0.1) is 11.6 Å². The maximum Gasteiger partial charge on any atom is 0.128 e. The normalized spacial score (nSPS) is 14.1. The zero-order valence-corrected chi connectivity index (χ0v) is 11.9. The number of benzene rings is 2. The van der Waals surface area contributed by atoms with Gasteiger partial charge in [-0.3, -0.25) is 0 Å². The van der Waals surface area contributed by atoms with Crippen molar-refractivity contribution in [1.29, 1.82) is 0 Å². The van der Waals surface area contributed by atoms with Crippen LogP contribution in [0.1, 0.15) is 24.5 Å². The number of hydrogen-bond donors (Lipinski definition) is 1. The van der Waals surface area contributed by atoms with E-state index in [0.717, 1.165) is 0 Å². The van der Waals surface area contributed by atoms with Crippen molar-refractivity contribution in [2.24, 2.45) is 5.73 Å². The van der Waals surface area contributed by atoms with Crippen LogP contribution in [0.25, 0.3) is 0 Å². The van der Waals surface area contributed by atoms with Crippen molar-refractivity contribution in [3.8, 4) is 0 Å². The number of rotatable bonds is 4. The molecule has 0 heterocycles. The van der Waals surface area contributed by atoms with Crippen molar-refractivity contribution in [3.05, 3.63) is 70.2 Å². The summed E-state index contributed by atoms with van der Waals surface area (Å²) in [5.74, 6) is -0.737. The van der Waals surface area contributed by atoms with E-state index in [1.165, 1.54) is 18.2 Å². The Balaban J connectivity index is 2.39. The Morgan fingerprint density at radius 3 is 2.45 bits per heavy atom. The second-order valence-electron chi connectivity index (χ2n) is 4.90. The Morgan fingerprint density at radius 2 is 1.85 bits per heavy atom. The Hall–Kier alpha value is -1.45. The van der Waals surface area contributed by atoms with Crippen molar-refractivity contribution in [2.75, 3.05) is 0 Å². The lowest BCUT2D eigenvalue weighted by molar-refractivity contribution is 0.402. The van der Waals surface area contributed by atoms with E-state index in [4.69, 9.17) is 17.3 Å². The molecule has 0 bridgehead atoms. The molecule has 20 heavy (non-hydrogen) atoms. The van der Waals surface area contributed by atoms with Crippen molar-refractivity contribution < 1.29 is 8.78 Å². The summed E-state index contributed by atoms with van der Waals surface area (Å²) < 4.78 is 27.0. The lowest BCUT2D eigenvalue weighted by Crippen LogP contribution is -2.39. The summed E-state index contributed by atoms with van der Waals surface area (Å²) in [6, 6.07) is 10.6. The molecular weight excluding hydrogens is 280 g/mol. The van der Waals surface area contributed by atoms with Crippen LogP contribution in [0.5, 0.6) is 0 Å². The van der Waals surface area contributed by atoms with Gasteiger partial charge in [0.25, 0.3) is 0 Å². The summed E-state index contributed by atoms with van der Waals surface area (Å²) in [6.45, 7) is 1.89. The van der Waals surface area contributed by atoms with E-state index in [1.54, 1.807) is 24.3 Å². The molecule has 106 valence electrons.